The van der Waals surface area contributed by atoms with E-state index in [9.17, 15) is 9.59 Å². The number of nitrogens with zero attached hydrogens (tertiary/aromatic N) is 1. The molecule has 5 heteroatoms. The van der Waals surface area contributed by atoms with E-state index in [4.69, 9.17) is 4.74 Å². The fourth-order valence-electron chi connectivity index (χ4n) is 2.84. The highest BCUT2D eigenvalue weighted by atomic mass is 16.5. The summed E-state index contributed by atoms with van der Waals surface area (Å²) in [5.74, 6) is 0.586. The first-order chi connectivity index (χ1) is 12.5. The minimum absolute atomic E-state index is 0.0475. The van der Waals surface area contributed by atoms with Crippen molar-refractivity contribution in [3.8, 4) is 5.75 Å². The Hall–Kier alpha value is -2.82. The molecule has 0 radical (unpaired) electrons. The summed E-state index contributed by atoms with van der Waals surface area (Å²) in [6.45, 7) is 6.51. The summed E-state index contributed by atoms with van der Waals surface area (Å²) in [4.78, 5) is 26.2. The van der Waals surface area contributed by atoms with Gasteiger partial charge in [0, 0.05) is 11.6 Å². The van der Waals surface area contributed by atoms with Crippen LogP contribution in [0, 0.1) is 6.92 Å². The molecule has 0 bridgehead atoms. The SMILES string of the molecule is CC[C@@H](C)NC(=O)c1ccc(CN2C(=O)COc3cc(C)ccc32)cc1. The van der Waals surface area contributed by atoms with Crippen LogP contribution in [0.1, 0.15) is 41.8 Å². The van der Waals surface area contributed by atoms with Crippen LogP contribution in [0.3, 0.4) is 0 Å². The number of aryl methyl sites for hydroxylation is 1. The minimum Gasteiger partial charge on any atom is -0.482 e. The van der Waals surface area contributed by atoms with Crippen molar-refractivity contribution in [1.29, 1.82) is 0 Å². The monoisotopic (exact) mass is 352 g/mol. The zero-order chi connectivity index (χ0) is 18.7. The number of ether oxygens (including phenoxy) is 1. The predicted molar refractivity (Wildman–Crippen MR) is 102 cm³/mol. The average Bonchev–Trinajstić information content (AvgIpc) is 2.64. The maximum absolute atomic E-state index is 12.3. The van der Waals surface area contributed by atoms with Crippen molar-refractivity contribution in [2.75, 3.05) is 11.5 Å². The molecule has 1 atom stereocenters. The molecule has 0 unspecified atom stereocenters. The van der Waals surface area contributed by atoms with Crippen molar-refractivity contribution in [2.24, 2.45) is 0 Å². The lowest BCUT2D eigenvalue weighted by Gasteiger charge is -2.29. The Labute approximate surface area is 154 Å². The molecular weight excluding hydrogens is 328 g/mol. The third-order valence-electron chi connectivity index (χ3n) is 4.60. The number of carbonyl (C=O) groups excluding carboxylic acids is 2. The topological polar surface area (TPSA) is 58.6 Å². The molecule has 1 aliphatic heterocycles. The molecule has 3 rings (SSSR count). The molecule has 1 aliphatic rings. The second-order valence-electron chi connectivity index (χ2n) is 6.72. The third kappa shape index (κ3) is 3.87. The molecule has 26 heavy (non-hydrogen) atoms. The number of rotatable bonds is 5. The molecule has 0 saturated heterocycles. The zero-order valence-corrected chi connectivity index (χ0v) is 15.4. The van der Waals surface area contributed by atoms with E-state index in [0.29, 0.717) is 12.1 Å². The number of fused-ring (bicyclic) bond motifs is 1. The highest BCUT2D eigenvalue weighted by Gasteiger charge is 2.25. The molecule has 0 spiro atoms. The lowest BCUT2D eigenvalue weighted by molar-refractivity contribution is -0.121. The lowest BCUT2D eigenvalue weighted by atomic mass is 10.1. The molecule has 5 nitrogen and oxygen atoms in total. The third-order valence-corrected chi connectivity index (χ3v) is 4.60. The van der Waals surface area contributed by atoms with E-state index >= 15 is 0 Å². The van der Waals surface area contributed by atoms with Crippen LogP contribution in [0.25, 0.3) is 0 Å². The van der Waals surface area contributed by atoms with Gasteiger partial charge in [-0.1, -0.05) is 25.1 Å². The van der Waals surface area contributed by atoms with E-state index in [0.717, 1.165) is 29.0 Å². The molecule has 0 aromatic heterocycles. The summed E-state index contributed by atoms with van der Waals surface area (Å²) in [7, 11) is 0. The van der Waals surface area contributed by atoms with Gasteiger partial charge in [-0.05, 0) is 55.7 Å². The first-order valence-corrected chi connectivity index (χ1v) is 8.91. The van der Waals surface area contributed by atoms with E-state index in [1.165, 1.54) is 0 Å². The summed E-state index contributed by atoms with van der Waals surface area (Å²) in [5.41, 5.74) is 3.46. The van der Waals surface area contributed by atoms with Gasteiger partial charge >= 0.3 is 0 Å². The normalized spacial score (nSPS) is 14.4. The van der Waals surface area contributed by atoms with Crippen molar-refractivity contribution in [1.82, 2.24) is 5.32 Å². The Morgan fingerprint density at radius 3 is 2.65 bits per heavy atom. The van der Waals surface area contributed by atoms with Gasteiger partial charge in [0.2, 0.25) is 0 Å². The highest BCUT2D eigenvalue weighted by Crippen LogP contribution is 2.33. The van der Waals surface area contributed by atoms with Gasteiger partial charge in [-0.3, -0.25) is 9.59 Å². The Morgan fingerprint density at radius 1 is 1.23 bits per heavy atom. The largest absolute Gasteiger partial charge is 0.482 e. The second-order valence-corrected chi connectivity index (χ2v) is 6.72. The average molecular weight is 352 g/mol. The van der Waals surface area contributed by atoms with E-state index in [-0.39, 0.29) is 24.5 Å². The standard InChI is InChI=1S/C21H24N2O3/c1-4-15(3)22-21(25)17-8-6-16(7-9-17)12-23-18-10-5-14(2)11-19(18)26-13-20(23)24/h5-11,15H,4,12-13H2,1-3H3,(H,22,25)/t15-/m1/s1. The number of amides is 2. The number of hydrogen-bond acceptors (Lipinski definition) is 3. The van der Waals surface area contributed by atoms with Crippen LogP contribution in [0.5, 0.6) is 5.75 Å². The van der Waals surface area contributed by atoms with Gasteiger partial charge in [0.1, 0.15) is 5.75 Å². The zero-order valence-electron chi connectivity index (χ0n) is 15.4. The van der Waals surface area contributed by atoms with Crippen LogP contribution in [0.2, 0.25) is 0 Å². The summed E-state index contributed by atoms with van der Waals surface area (Å²) < 4.78 is 5.54. The van der Waals surface area contributed by atoms with E-state index < -0.39 is 0 Å². The Kier molecular flexibility index (Phi) is 5.26. The summed E-state index contributed by atoms with van der Waals surface area (Å²) in [5, 5.41) is 2.95. The number of anilines is 1. The number of carbonyl (C=O) groups is 2. The van der Waals surface area contributed by atoms with Gasteiger partial charge in [0.25, 0.3) is 11.8 Å². The van der Waals surface area contributed by atoms with Gasteiger partial charge in [0.05, 0.1) is 12.2 Å². The Bertz CT molecular complexity index is 815. The molecule has 2 aromatic rings. The van der Waals surface area contributed by atoms with Gasteiger partial charge in [-0.2, -0.15) is 0 Å². The van der Waals surface area contributed by atoms with Gasteiger partial charge in [-0.25, -0.2) is 0 Å². The molecule has 0 aliphatic carbocycles. The van der Waals surface area contributed by atoms with Crippen molar-refractivity contribution >= 4 is 17.5 Å². The number of hydrogen-bond donors (Lipinski definition) is 1. The maximum atomic E-state index is 12.3. The summed E-state index contributed by atoms with van der Waals surface area (Å²) in [6.07, 6.45) is 0.891. The number of nitrogens with one attached hydrogen (secondary N) is 1. The van der Waals surface area contributed by atoms with E-state index in [2.05, 4.69) is 5.32 Å². The van der Waals surface area contributed by atoms with Crippen LogP contribution in [0.15, 0.2) is 42.5 Å². The minimum atomic E-state index is -0.0748. The van der Waals surface area contributed by atoms with Crippen molar-refractivity contribution in [2.45, 2.75) is 39.8 Å². The molecule has 136 valence electrons. The second kappa shape index (κ2) is 7.60. The van der Waals surface area contributed by atoms with Crippen molar-refractivity contribution < 1.29 is 14.3 Å². The molecule has 0 saturated carbocycles. The van der Waals surface area contributed by atoms with Crippen molar-refractivity contribution in [3.05, 3.63) is 59.2 Å². The predicted octanol–water partition coefficient (Wildman–Crippen LogP) is 3.45. The van der Waals surface area contributed by atoms with Crippen LogP contribution >= 0.6 is 0 Å². The fraction of sp³-hybridized carbons (Fsp3) is 0.333. The Balaban J connectivity index is 1.75. The first kappa shape index (κ1) is 18.0. The molecule has 0 fully saturated rings. The quantitative estimate of drug-likeness (QED) is 0.897. The van der Waals surface area contributed by atoms with Crippen LogP contribution in [0.4, 0.5) is 5.69 Å². The molecule has 1 heterocycles. The molecular formula is C21H24N2O3. The van der Waals surface area contributed by atoms with Gasteiger partial charge in [0.15, 0.2) is 6.61 Å². The lowest BCUT2D eigenvalue weighted by Crippen LogP contribution is -2.38. The van der Waals surface area contributed by atoms with Crippen LogP contribution in [-0.4, -0.2) is 24.5 Å². The van der Waals surface area contributed by atoms with E-state index in [1.807, 2.05) is 51.1 Å². The van der Waals surface area contributed by atoms with Crippen LogP contribution in [-0.2, 0) is 11.3 Å². The molecule has 2 amide bonds. The summed E-state index contributed by atoms with van der Waals surface area (Å²) >= 11 is 0. The molecule has 1 N–H and O–H groups in total. The van der Waals surface area contributed by atoms with E-state index in [1.54, 1.807) is 17.0 Å². The fourth-order valence-corrected chi connectivity index (χ4v) is 2.84. The van der Waals surface area contributed by atoms with Crippen molar-refractivity contribution in [3.63, 3.8) is 0 Å². The maximum Gasteiger partial charge on any atom is 0.265 e. The first-order valence-electron chi connectivity index (χ1n) is 8.91. The van der Waals surface area contributed by atoms with Gasteiger partial charge in [-0.15, -0.1) is 0 Å². The van der Waals surface area contributed by atoms with Gasteiger partial charge < -0.3 is 15.0 Å². The summed E-state index contributed by atoms with van der Waals surface area (Å²) in [6, 6.07) is 13.3. The highest BCUT2D eigenvalue weighted by molar-refractivity contribution is 5.98. The number of benzene rings is 2. The Morgan fingerprint density at radius 2 is 1.96 bits per heavy atom. The molecule has 2 aromatic carbocycles. The van der Waals surface area contributed by atoms with Crippen LogP contribution < -0.4 is 15.0 Å². The smallest absolute Gasteiger partial charge is 0.265 e.